The number of likely N-dealkylation sites (tertiary alicyclic amines) is 1. The van der Waals surface area contributed by atoms with E-state index in [0.717, 1.165) is 29.1 Å². The molecular formula is C21H25N4O2+. The highest BCUT2D eigenvalue weighted by Crippen LogP contribution is 2.19. The number of anilines is 1. The molecule has 27 heavy (non-hydrogen) atoms. The van der Waals surface area contributed by atoms with E-state index in [4.69, 9.17) is 9.72 Å². The Bertz CT molecular complexity index is 930. The number of aromatic nitrogens is 2. The van der Waals surface area contributed by atoms with Gasteiger partial charge in [-0.25, -0.2) is 4.98 Å². The first-order valence-electron chi connectivity index (χ1n) is 9.46. The van der Waals surface area contributed by atoms with Crippen LogP contribution in [0.5, 0.6) is 5.75 Å². The first kappa shape index (κ1) is 17.5. The summed E-state index contributed by atoms with van der Waals surface area (Å²) in [5, 5.41) is 2.89. The van der Waals surface area contributed by atoms with Crippen molar-refractivity contribution < 1.29 is 14.4 Å². The van der Waals surface area contributed by atoms with Crippen molar-refractivity contribution in [2.75, 3.05) is 25.0 Å². The summed E-state index contributed by atoms with van der Waals surface area (Å²) in [7, 11) is 2.06. The fourth-order valence-corrected chi connectivity index (χ4v) is 3.62. The van der Waals surface area contributed by atoms with E-state index in [1.165, 1.54) is 25.9 Å². The number of ether oxygens (including phenoxy) is 1. The fraction of sp³-hybridized carbons (Fsp3) is 0.333. The average molecular weight is 365 g/mol. The summed E-state index contributed by atoms with van der Waals surface area (Å²) >= 11 is 0. The number of carbonyl (C=O) groups excluding carboxylic acids is 1. The number of imidazole rings is 1. The summed E-state index contributed by atoms with van der Waals surface area (Å²) in [5.41, 5.74) is 2.73. The topological polar surface area (TPSA) is 60.6 Å². The summed E-state index contributed by atoms with van der Waals surface area (Å²) in [4.78, 5) is 18.6. The van der Waals surface area contributed by atoms with Gasteiger partial charge in [0.1, 0.15) is 12.3 Å². The molecule has 1 aliphatic rings. The second-order valence-electron chi connectivity index (χ2n) is 7.07. The molecule has 1 saturated heterocycles. The van der Waals surface area contributed by atoms with E-state index in [0.29, 0.717) is 5.75 Å². The van der Waals surface area contributed by atoms with Gasteiger partial charge in [0.2, 0.25) is 0 Å². The molecule has 0 unspecified atom stereocenters. The van der Waals surface area contributed by atoms with Crippen molar-refractivity contribution in [3.05, 3.63) is 54.4 Å². The normalized spacial score (nSPS) is 14.6. The van der Waals surface area contributed by atoms with Crippen LogP contribution in [0.1, 0.15) is 18.7 Å². The molecule has 2 N–H and O–H groups in total. The number of rotatable bonds is 6. The van der Waals surface area contributed by atoms with Gasteiger partial charge in [-0.05, 0) is 30.3 Å². The van der Waals surface area contributed by atoms with Gasteiger partial charge in [-0.3, -0.25) is 4.79 Å². The van der Waals surface area contributed by atoms with Crippen LogP contribution in [0.4, 0.5) is 5.69 Å². The van der Waals surface area contributed by atoms with Crippen LogP contribution in [0.15, 0.2) is 48.5 Å². The lowest BCUT2D eigenvalue weighted by Crippen LogP contribution is -3.08. The number of aryl methyl sites for hydroxylation is 1. The Morgan fingerprint density at radius 3 is 2.74 bits per heavy atom. The van der Waals surface area contributed by atoms with E-state index in [-0.39, 0.29) is 12.5 Å². The third kappa shape index (κ3) is 4.11. The van der Waals surface area contributed by atoms with Crippen molar-refractivity contribution in [1.82, 2.24) is 9.55 Å². The molecule has 140 valence electrons. The lowest BCUT2D eigenvalue weighted by Gasteiger charge is -2.11. The van der Waals surface area contributed by atoms with Gasteiger partial charge in [0.25, 0.3) is 5.91 Å². The van der Waals surface area contributed by atoms with Gasteiger partial charge in [-0.1, -0.05) is 18.2 Å². The van der Waals surface area contributed by atoms with E-state index >= 15 is 0 Å². The molecule has 2 heterocycles. The van der Waals surface area contributed by atoms with Crippen molar-refractivity contribution in [3.8, 4) is 5.75 Å². The Labute approximate surface area is 158 Å². The van der Waals surface area contributed by atoms with Gasteiger partial charge in [0, 0.05) is 25.6 Å². The van der Waals surface area contributed by atoms with Gasteiger partial charge in [0.15, 0.2) is 12.4 Å². The first-order valence-corrected chi connectivity index (χ1v) is 9.46. The summed E-state index contributed by atoms with van der Waals surface area (Å²) < 4.78 is 7.65. The maximum absolute atomic E-state index is 12.2. The molecule has 0 aliphatic carbocycles. The highest BCUT2D eigenvalue weighted by molar-refractivity contribution is 5.94. The smallest absolute Gasteiger partial charge is 0.262 e. The van der Waals surface area contributed by atoms with Crippen LogP contribution < -0.4 is 15.0 Å². The number of quaternary nitrogens is 1. The average Bonchev–Trinajstić information content (AvgIpc) is 3.30. The molecule has 1 aliphatic heterocycles. The van der Waals surface area contributed by atoms with Crippen LogP contribution >= 0.6 is 0 Å². The number of carbonyl (C=O) groups is 1. The number of fused-ring (bicyclic) bond motifs is 1. The van der Waals surface area contributed by atoms with E-state index in [2.05, 4.69) is 16.9 Å². The molecule has 0 bridgehead atoms. The van der Waals surface area contributed by atoms with Gasteiger partial charge < -0.3 is 19.5 Å². The molecule has 0 atom stereocenters. The summed E-state index contributed by atoms with van der Waals surface area (Å²) in [6.45, 7) is 3.39. The Balaban J connectivity index is 1.42. The summed E-state index contributed by atoms with van der Waals surface area (Å²) in [6.07, 6.45) is 2.61. The molecule has 3 aromatic rings. The zero-order valence-electron chi connectivity index (χ0n) is 15.6. The highest BCUT2D eigenvalue weighted by Gasteiger charge is 2.19. The fourth-order valence-electron chi connectivity index (χ4n) is 3.62. The molecule has 2 aromatic carbocycles. The predicted molar refractivity (Wildman–Crippen MR) is 105 cm³/mol. The number of hydrogen-bond acceptors (Lipinski definition) is 3. The van der Waals surface area contributed by atoms with Crippen LogP contribution in [-0.2, 0) is 18.4 Å². The minimum Gasteiger partial charge on any atom is -0.484 e. The SMILES string of the molecule is Cn1c(C[NH+]2CCCC2)nc2cc(NC(=O)COc3ccccc3)ccc21. The molecule has 4 rings (SSSR count). The predicted octanol–water partition coefficient (Wildman–Crippen LogP) is 1.77. The van der Waals surface area contributed by atoms with Gasteiger partial charge >= 0.3 is 0 Å². The van der Waals surface area contributed by atoms with Gasteiger partial charge in [-0.2, -0.15) is 0 Å². The third-order valence-electron chi connectivity index (χ3n) is 5.09. The molecule has 0 spiro atoms. The molecule has 6 heteroatoms. The van der Waals surface area contributed by atoms with Crippen LogP contribution in [0.25, 0.3) is 11.0 Å². The lowest BCUT2D eigenvalue weighted by atomic mass is 10.2. The highest BCUT2D eigenvalue weighted by atomic mass is 16.5. The Morgan fingerprint density at radius 2 is 1.96 bits per heavy atom. The molecule has 6 nitrogen and oxygen atoms in total. The summed E-state index contributed by atoms with van der Waals surface area (Å²) in [6, 6.07) is 15.2. The van der Waals surface area contributed by atoms with E-state index in [9.17, 15) is 4.79 Å². The quantitative estimate of drug-likeness (QED) is 0.700. The van der Waals surface area contributed by atoms with Crippen LogP contribution in [0, 0.1) is 0 Å². The van der Waals surface area contributed by atoms with Crippen LogP contribution in [0.2, 0.25) is 0 Å². The maximum atomic E-state index is 12.2. The molecular weight excluding hydrogens is 340 g/mol. The minimum absolute atomic E-state index is 0.0200. The largest absolute Gasteiger partial charge is 0.484 e. The number of nitrogens with zero attached hydrogens (tertiary/aromatic N) is 2. The maximum Gasteiger partial charge on any atom is 0.262 e. The van der Waals surface area contributed by atoms with E-state index < -0.39 is 0 Å². The number of nitrogens with one attached hydrogen (secondary N) is 2. The molecule has 1 aromatic heterocycles. The van der Waals surface area contributed by atoms with Crippen molar-refractivity contribution in [1.29, 1.82) is 0 Å². The second kappa shape index (κ2) is 7.80. The van der Waals surface area contributed by atoms with Crippen molar-refractivity contribution >= 4 is 22.6 Å². The number of amides is 1. The van der Waals surface area contributed by atoms with E-state index in [1.807, 2.05) is 48.5 Å². The van der Waals surface area contributed by atoms with Gasteiger partial charge in [0.05, 0.1) is 24.1 Å². The van der Waals surface area contributed by atoms with Gasteiger partial charge in [-0.15, -0.1) is 0 Å². The Morgan fingerprint density at radius 1 is 1.19 bits per heavy atom. The molecule has 1 amide bonds. The summed E-state index contributed by atoms with van der Waals surface area (Å²) in [5.74, 6) is 1.59. The number of benzene rings is 2. The Hall–Kier alpha value is -2.86. The minimum atomic E-state index is -0.184. The second-order valence-corrected chi connectivity index (χ2v) is 7.07. The van der Waals surface area contributed by atoms with E-state index in [1.54, 1.807) is 4.90 Å². The third-order valence-corrected chi connectivity index (χ3v) is 5.09. The molecule has 1 fully saturated rings. The zero-order valence-corrected chi connectivity index (χ0v) is 15.6. The standard InChI is InChI=1S/C21H24N4O2/c1-24-19-10-9-16(22-21(26)15-27-17-7-3-2-4-8-17)13-18(19)23-20(24)14-25-11-5-6-12-25/h2-4,7-10,13H,5-6,11-12,14-15H2,1H3,(H,22,26)/p+1. The van der Waals surface area contributed by atoms with Crippen molar-refractivity contribution in [2.45, 2.75) is 19.4 Å². The Kier molecular flexibility index (Phi) is 5.07. The monoisotopic (exact) mass is 365 g/mol. The zero-order chi connectivity index (χ0) is 18.6. The number of para-hydroxylation sites is 1. The van der Waals surface area contributed by atoms with Crippen LogP contribution in [0.3, 0.4) is 0 Å². The van der Waals surface area contributed by atoms with Crippen molar-refractivity contribution in [3.63, 3.8) is 0 Å². The molecule has 0 radical (unpaired) electrons. The first-order chi connectivity index (χ1) is 13.2. The lowest BCUT2D eigenvalue weighted by molar-refractivity contribution is -0.902. The molecule has 0 saturated carbocycles. The number of hydrogen-bond donors (Lipinski definition) is 2. The van der Waals surface area contributed by atoms with Crippen LogP contribution in [-0.4, -0.2) is 35.2 Å². The van der Waals surface area contributed by atoms with Crippen molar-refractivity contribution in [2.24, 2.45) is 7.05 Å².